The highest BCUT2D eigenvalue weighted by molar-refractivity contribution is 6.20. The van der Waals surface area contributed by atoms with Gasteiger partial charge in [-0.25, -0.2) is 9.59 Å². The van der Waals surface area contributed by atoms with E-state index < -0.39 is 35.5 Å². The van der Waals surface area contributed by atoms with Crippen molar-refractivity contribution in [3.05, 3.63) is 71.3 Å². The Hall–Kier alpha value is -3.72. The van der Waals surface area contributed by atoms with Gasteiger partial charge in [0.1, 0.15) is 11.6 Å². The number of carbonyl (C=O) groups excluding carboxylic acids is 4. The second-order valence-corrected chi connectivity index (χ2v) is 8.74. The minimum atomic E-state index is -1.20. The third-order valence-electron chi connectivity index (χ3n) is 4.70. The number of fused-ring (bicyclic) bond motifs is 1. The monoisotopic (exact) mass is 453 g/mol. The first-order chi connectivity index (χ1) is 15.5. The van der Waals surface area contributed by atoms with Crippen molar-refractivity contribution in [3.63, 3.8) is 0 Å². The Bertz CT molecular complexity index is 1010. The van der Waals surface area contributed by atoms with Crippen LogP contribution in [0.5, 0.6) is 0 Å². The van der Waals surface area contributed by atoms with Gasteiger partial charge in [0.25, 0.3) is 11.8 Å². The molecule has 3 rings (SSSR count). The zero-order chi connectivity index (χ0) is 24.2. The van der Waals surface area contributed by atoms with Crippen LogP contribution in [0.15, 0.2) is 54.6 Å². The van der Waals surface area contributed by atoms with Gasteiger partial charge in [-0.1, -0.05) is 47.5 Å². The summed E-state index contributed by atoms with van der Waals surface area (Å²) in [6, 6.07) is 14.6. The number of hydroxylamine groups is 2. The molecule has 0 fully saturated rings. The topological polar surface area (TPSA) is 105 Å². The van der Waals surface area contributed by atoms with Gasteiger partial charge < -0.3 is 14.9 Å². The quantitative estimate of drug-likeness (QED) is 0.643. The molecule has 1 aliphatic heterocycles. The SMILES string of the molecule is CN(Cc1ccccc1)CC(NC(=O)OC(C)(C)C)C(=O)ON1C(=O)c2ccccc2C1=O. The molecule has 9 nitrogen and oxygen atoms in total. The van der Waals surface area contributed by atoms with E-state index in [0.29, 0.717) is 11.6 Å². The number of ether oxygens (including phenoxy) is 1. The minimum Gasteiger partial charge on any atom is -0.444 e. The predicted octanol–water partition coefficient (Wildman–Crippen LogP) is 2.77. The lowest BCUT2D eigenvalue weighted by molar-refractivity contribution is -0.171. The summed E-state index contributed by atoms with van der Waals surface area (Å²) in [4.78, 5) is 57.4. The molecule has 0 spiro atoms. The summed E-state index contributed by atoms with van der Waals surface area (Å²) in [5.41, 5.74) is 0.517. The van der Waals surface area contributed by atoms with Crippen LogP contribution in [-0.4, -0.2) is 59.1 Å². The van der Waals surface area contributed by atoms with Gasteiger partial charge in [-0.05, 0) is 45.5 Å². The molecule has 1 unspecified atom stereocenters. The smallest absolute Gasteiger partial charge is 0.408 e. The first-order valence-corrected chi connectivity index (χ1v) is 10.5. The van der Waals surface area contributed by atoms with E-state index in [4.69, 9.17) is 9.57 Å². The van der Waals surface area contributed by atoms with Crippen molar-refractivity contribution < 1.29 is 28.8 Å². The highest BCUT2D eigenvalue weighted by Gasteiger charge is 2.40. The van der Waals surface area contributed by atoms with Crippen LogP contribution in [0.2, 0.25) is 0 Å². The van der Waals surface area contributed by atoms with Crippen LogP contribution in [0.1, 0.15) is 47.1 Å². The van der Waals surface area contributed by atoms with Crippen LogP contribution < -0.4 is 5.32 Å². The van der Waals surface area contributed by atoms with Gasteiger partial charge in [-0.15, -0.1) is 0 Å². The summed E-state index contributed by atoms with van der Waals surface area (Å²) in [6.45, 7) is 5.63. The van der Waals surface area contributed by atoms with Crippen LogP contribution >= 0.6 is 0 Å². The lowest BCUT2D eigenvalue weighted by Gasteiger charge is -2.26. The molecule has 33 heavy (non-hydrogen) atoms. The summed E-state index contributed by atoms with van der Waals surface area (Å²) < 4.78 is 5.26. The van der Waals surface area contributed by atoms with Crippen molar-refractivity contribution in [2.45, 2.75) is 39.0 Å². The largest absolute Gasteiger partial charge is 0.444 e. The Kier molecular flexibility index (Phi) is 7.13. The van der Waals surface area contributed by atoms with E-state index >= 15 is 0 Å². The summed E-state index contributed by atoms with van der Waals surface area (Å²) >= 11 is 0. The fourth-order valence-electron chi connectivity index (χ4n) is 3.30. The number of carbonyl (C=O) groups is 4. The molecular weight excluding hydrogens is 426 g/mol. The Morgan fingerprint density at radius 3 is 2.06 bits per heavy atom. The average molecular weight is 453 g/mol. The van der Waals surface area contributed by atoms with Crippen molar-refractivity contribution in [3.8, 4) is 0 Å². The number of nitrogens with zero attached hydrogens (tertiary/aromatic N) is 2. The molecule has 0 bridgehead atoms. The molecule has 9 heteroatoms. The Morgan fingerprint density at radius 1 is 0.970 bits per heavy atom. The van der Waals surface area contributed by atoms with Crippen molar-refractivity contribution in [1.82, 2.24) is 15.3 Å². The Balaban J connectivity index is 1.73. The number of hydrogen-bond acceptors (Lipinski definition) is 7. The molecule has 0 saturated heterocycles. The highest BCUT2D eigenvalue weighted by Crippen LogP contribution is 2.23. The van der Waals surface area contributed by atoms with Gasteiger partial charge in [0.2, 0.25) is 0 Å². The molecule has 0 radical (unpaired) electrons. The predicted molar refractivity (Wildman–Crippen MR) is 119 cm³/mol. The molecule has 0 aliphatic carbocycles. The molecule has 2 aromatic rings. The molecule has 0 saturated carbocycles. The summed E-state index contributed by atoms with van der Waals surface area (Å²) in [7, 11) is 1.77. The maximum Gasteiger partial charge on any atom is 0.408 e. The number of rotatable bonds is 7. The molecule has 174 valence electrons. The van der Waals surface area contributed by atoms with Crippen LogP contribution in [0.3, 0.4) is 0 Å². The van der Waals surface area contributed by atoms with Crippen molar-refractivity contribution >= 4 is 23.9 Å². The Morgan fingerprint density at radius 2 is 1.52 bits per heavy atom. The van der Waals surface area contributed by atoms with Crippen LogP contribution in [0, 0.1) is 0 Å². The van der Waals surface area contributed by atoms with Gasteiger partial charge in [0, 0.05) is 13.1 Å². The van der Waals surface area contributed by atoms with Crippen molar-refractivity contribution in [2.24, 2.45) is 0 Å². The van der Waals surface area contributed by atoms with E-state index in [-0.39, 0.29) is 17.7 Å². The maximum absolute atomic E-state index is 13.0. The van der Waals surface area contributed by atoms with Crippen molar-refractivity contribution in [2.75, 3.05) is 13.6 Å². The van der Waals surface area contributed by atoms with Crippen LogP contribution in [0.25, 0.3) is 0 Å². The first-order valence-electron chi connectivity index (χ1n) is 10.5. The fraction of sp³-hybridized carbons (Fsp3) is 0.333. The summed E-state index contributed by atoms with van der Waals surface area (Å²) in [5, 5.41) is 2.91. The van der Waals surface area contributed by atoms with Gasteiger partial charge in [-0.3, -0.25) is 14.5 Å². The van der Waals surface area contributed by atoms with Crippen molar-refractivity contribution in [1.29, 1.82) is 0 Å². The number of benzene rings is 2. The van der Waals surface area contributed by atoms with Crippen LogP contribution in [-0.2, 0) is 20.9 Å². The van der Waals surface area contributed by atoms with Gasteiger partial charge in [0.05, 0.1) is 11.1 Å². The van der Waals surface area contributed by atoms with Gasteiger partial charge >= 0.3 is 12.1 Å². The van der Waals surface area contributed by atoms with E-state index in [0.717, 1.165) is 5.56 Å². The molecule has 3 amide bonds. The molecule has 1 heterocycles. The zero-order valence-corrected chi connectivity index (χ0v) is 19.0. The van der Waals surface area contributed by atoms with E-state index in [1.165, 1.54) is 12.1 Å². The molecule has 0 aromatic heterocycles. The van der Waals surface area contributed by atoms with Gasteiger partial charge in [-0.2, -0.15) is 0 Å². The molecule has 2 aromatic carbocycles. The average Bonchev–Trinajstić information content (AvgIpc) is 2.97. The molecule has 1 aliphatic rings. The number of alkyl carbamates (subject to hydrolysis) is 1. The summed E-state index contributed by atoms with van der Waals surface area (Å²) in [5.74, 6) is -2.44. The second-order valence-electron chi connectivity index (χ2n) is 8.74. The van der Waals surface area contributed by atoms with E-state index in [9.17, 15) is 19.2 Å². The lowest BCUT2D eigenvalue weighted by atomic mass is 10.1. The minimum absolute atomic E-state index is 0.0517. The number of amides is 3. The number of nitrogens with one attached hydrogen (secondary N) is 1. The van der Waals surface area contributed by atoms with E-state index in [2.05, 4.69) is 5.32 Å². The number of likely N-dealkylation sites (N-methyl/N-ethyl adjacent to an activating group) is 1. The number of imide groups is 1. The maximum atomic E-state index is 13.0. The van der Waals surface area contributed by atoms with Crippen LogP contribution in [0.4, 0.5) is 4.79 Å². The highest BCUT2D eigenvalue weighted by atomic mass is 16.7. The second kappa shape index (κ2) is 9.83. The zero-order valence-electron chi connectivity index (χ0n) is 19.0. The third kappa shape index (κ3) is 6.17. The fourth-order valence-corrected chi connectivity index (χ4v) is 3.30. The lowest BCUT2D eigenvalue weighted by Crippen LogP contribution is -2.51. The third-order valence-corrected chi connectivity index (χ3v) is 4.70. The molecular formula is C24H27N3O6. The van der Waals surface area contributed by atoms with E-state index in [1.807, 2.05) is 30.3 Å². The summed E-state index contributed by atoms with van der Waals surface area (Å²) in [6.07, 6.45) is -0.820. The normalized spacial score (nSPS) is 14.2. The Labute approximate surface area is 192 Å². The number of hydrogen-bond donors (Lipinski definition) is 1. The molecule has 1 atom stereocenters. The molecule has 1 N–H and O–H groups in total. The standard InChI is InChI=1S/C24H27N3O6/c1-24(2,3)32-23(31)25-19(15-26(4)14-16-10-6-5-7-11-16)22(30)33-27-20(28)17-12-8-9-13-18(17)21(27)29/h5-13,19H,14-15H2,1-4H3,(H,25,31). The van der Waals surface area contributed by atoms with E-state index in [1.54, 1.807) is 44.9 Å². The van der Waals surface area contributed by atoms with Gasteiger partial charge in [0.15, 0.2) is 0 Å². The first kappa shape index (κ1) is 23.9.